The van der Waals surface area contributed by atoms with E-state index < -0.39 is 30.0 Å². The Balaban J connectivity index is 1.53. The molecule has 2 unspecified atom stereocenters. The van der Waals surface area contributed by atoms with E-state index in [9.17, 15) is 22.4 Å². The highest BCUT2D eigenvalue weighted by Crippen LogP contribution is 2.31. The predicted octanol–water partition coefficient (Wildman–Crippen LogP) is 5.44. The van der Waals surface area contributed by atoms with Crippen LogP contribution in [0.3, 0.4) is 0 Å². The lowest BCUT2D eigenvalue weighted by atomic mass is 10.1. The standard InChI is InChI=1S/C25H26F4N4O2S/c1-14-10-31-24(36-14)18-6-17(7-21(8-18)35-13-20-9-19(26)12-33(20)3)23(34)32-15(2)16-4-5-22(30-11-16)25(27,28)29/h4-8,10-11,15,19-20H,9,12-13H2,1-3H3,(H,32,34)/t15-,19?,20?/m1/s1. The van der Waals surface area contributed by atoms with Crippen LogP contribution in [0.5, 0.6) is 5.75 Å². The molecule has 0 aliphatic carbocycles. The van der Waals surface area contributed by atoms with E-state index in [1.54, 1.807) is 31.3 Å². The largest absolute Gasteiger partial charge is 0.492 e. The van der Waals surface area contributed by atoms with Gasteiger partial charge in [-0.2, -0.15) is 13.2 Å². The molecule has 11 heteroatoms. The van der Waals surface area contributed by atoms with E-state index in [1.165, 1.54) is 17.4 Å². The fraction of sp³-hybridized carbons (Fsp3) is 0.400. The molecule has 1 saturated heterocycles. The molecule has 4 rings (SSSR count). The molecule has 6 nitrogen and oxygen atoms in total. The molecule has 1 fully saturated rings. The zero-order chi connectivity index (χ0) is 26.0. The van der Waals surface area contributed by atoms with Crippen LogP contribution in [0, 0.1) is 6.92 Å². The lowest BCUT2D eigenvalue weighted by molar-refractivity contribution is -0.141. The number of pyridine rings is 1. The van der Waals surface area contributed by atoms with Crippen molar-refractivity contribution in [2.24, 2.45) is 0 Å². The van der Waals surface area contributed by atoms with Gasteiger partial charge in [-0.05, 0) is 57.1 Å². The summed E-state index contributed by atoms with van der Waals surface area (Å²) in [6, 6.07) is 6.60. The summed E-state index contributed by atoms with van der Waals surface area (Å²) in [4.78, 5) is 23.9. The maximum atomic E-state index is 13.7. The van der Waals surface area contributed by atoms with Gasteiger partial charge in [-0.25, -0.2) is 9.37 Å². The summed E-state index contributed by atoms with van der Waals surface area (Å²) < 4.78 is 58.1. The van der Waals surface area contributed by atoms with Crippen LogP contribution >= 0.6 is 11.3 Å². The first-order chi connectivity index (χ1) is 17.0. The van der Waals surface area contributed by atoms with Gasteiger partial charge in [-0.15, -0.1) is 11.3 Å². The van der Waals surface area contributed by atoms with Crippen LogP contribution in [0.15, 0.2) is 42.7 Å². The fourth-order valence-corrected chi connectivity index (χ4v) is 4.77. The molecule has 3 heterocycles. The van der Waals surface area contributed by atoms with Crippen molar-refractivity contribution in [2.75, 3.05) is 20.2 Å². The number of thiazole rings is 1. The molecule has 1 aliphatic rings. The summed E-state index contributed by atoms with van der Waals surface area (Å²) in [5.41, 5.74) is 0.447. The number of likely N-dealkylation sites (N-methyl/N-ethyl adjacent to an activating group) is 1. The predicted molar refractivity (Wildman–Crippen MR) is 129 cm³/mol. The maximum absolute atomic E-state index is 13.7. The molecule has 1 amide bonds. The number of carbonyl (C=O) groups is 1. The molecule has 3 aromatic rings. The molecule has 1 aromatic carbocycles. The zero-order valence-corrected chi connectivity index (χ0v) is 20.8. The second kappa shape index (κ2) is 10.5. The normalized spacial score (nSPS) is 19.3. The minimum atomic E-state index is -4.53. The van der Waals surface area contributed by atoms with Gasteiger partial charge in [0, 0.05) is 41.0 Å². The van der Waals surface area contributed by atoms with E-state index in [0.29, 0.717) is 40.4 Å². The molecular formula is C25H26F4N4O2S. The van der Waals surface area contributed by atoms with Gasteiger partial charge in [0.05, 0.1) is 6.04 Å². The number of rotatable bonds is 7. The van der Waals surface area contributed by atoms with E-state index in [0.717, 1.165) is 17.1 Å². The van der Waals surface area contributed by atoms with Crippen LogP contribution in [0.1, 0.15) is 45.9 Å². The Kier molecular flexibility index (Phi) is 7.60. The van der Waals surface area contributed by atoms with Crippen molar-refractivity contribution in [1.29, 1.82) is 0 Å². The van der Waals surface area contributed by atoms with E-state index in [-0.39, 0.29) is 12.6 Å². The first-order valence-corrected chi connectivity index (χ1v) is 12.2. The minimum absolute atomic E-state index is 0.0739. The van der Waals surface area contributed by atoms with Crippen molar-refractivity contribution in [3.63, 3.8) is 0 Å². The van der Waals surface area contributed by atoms with Crippen LogP contribution in [-0.4, -0.2) is 53.2 Å². The van der Waals surface area contributed by atoms with Crippen molar-refractivity contribution in [3.05, 3.63) is 64.4 Å². The smallest absolute Gasteiger partial charge is 0.433 e. The number of halogens is 4. The van der Waals surface area contributed by atoms with Gasteiger partial charge >= 0.3 is 6.18 Å². The number of alkyl halides is 4. The number of nitrogens with one attached hydrogen (secondary N) is 1. The van der Waals surface area contributed by atoms with Gasteiger partial charge in [-0.3, -0.25) is 14.7 Å². The Morgan fingerprint density at radius 1 is 1.25 bits per heavy atom. The number of hydrogen-bond acceptors (Lipinski definition) is 6. The average Bonchev–Trinajstić information content (AvgIpc) is 3.41. The zero-order valence-electron chi connectivity index (χ0n) is 20.0. The Morgan fingerprint density at radius 2 is 2.03 bits per heavy atom. The summed E-state index contributed by atoms with van der Waals surface area (Å²) in [7, 11) is 1.85. The Labute approximate surface area is 210 Å². The summed E-state index contributed by atoms with van der Waals surface area (Å²) >= 11 is 1.47. The number of aromatic nitrogens is 2. The third kappa shape index (κ3) is 6.19. The molecule has 1 aliphatic heterocycles. The van der Waals surface area contributed by atoms with Crippen molar-refractivity contribution in [1.82, 2.24) is 20.2 Å². The second-order valence-corrected chi connectivity index (χ2v) is 10.2. The molecule has 192 valence electrons. The molecule has 2 aromatic heterocycles. The van der Waals surface area contributed by atoms with Gasteiger partial charge in [0.25, 0.3) is 5.91 Å². The van der Waals surface area contributed by atoms with Gasteiger partial charge in [0.1, 0.15) is 29.2 Å². The number of ether oxygens (including phenoxy) is 1. The Bertz CT molecular complexity index is 1220. The summed E-state index contributed by atoms with van der Waals surface area (Å²) in [6.45, 7) is 4.22. The van der Waals surface area contributed by atoms with E-state index in [4.69, 9.17) is 4.74 Å². The molecule has 1 N–H and O–H groups in total. The molecule has 0 bridgehead atoms. The average molecular weight is 523 g/mol. The van der Waals surface area contributed by atoms with Gasteiger partial charge in [-0.1, -0.05) is 6.07 Å². The molecule has 0 saturated carbocycles. The molecule has 0 spiro atoms. The Morgan fingerprint density at radius 3 is 2.61 bits per heavy atom. The number of aryl methyl sites for hydroxylation is 1. The lowest BCUT2D eigenvalue weighted by Gasteiger charge is -2.20. The number of nitrogens with zero attached hydrogens (tertiary/aromatic N) is 3. The molecule has 3 atom stereocenters. The SMILES string of the molecule is Cc1cnc(-c2cc(OCC3CC(F)CN3C)cc(C(=O)N[C@H](C)c3ccc(C(F)(F)F)nc3)c2)s1. The highest BCUT2D eigenvalue weighted by molar-refractivity contribution is 7.14. The lowest BCUT2D eigenvalue weighted by Crippen LogP contribution is -2.30. The van der Waals surface area contributed by atoms with E-state index in [1.807, 2.05) is 18.9 Å². The summed E-state index contributed by atoms with van der Waals surface area (Å²) in [5, 5.41) is 3.52. The quantitative estimate of drug-likeness (QED) is 0.419. The number of carbonyl (C=O) groups excluding carboxylic acids is 1. The Hall–Kier alpha value is -3.05. The highest BCUT2D eigenvalue weighted by Gasteiger charge is 2.32. The first kappa shape index (κ1) is 26.0. The van der Waals surface area contributed by atoms with Crippen LogP contribution in [-0.2, 0) is 6.18 Å². The molecule has 36 heavy (non-hydrogen) atoms. The highest BCUT2D eigenvalue weighted by atomic mass is 32.1. The molecular weight excluding hydrogens is 496 g/mol. The van der Waals surface area contributed by atoms with Gasteiger partial charge < -0.3 is 10.1 Å². The van der Waals surface area contributed by atoms with Crippen LogP contribution in [0.2, 0.25) is 0 Å². The minimum Gasteiger partial charge on any atom is -0.492 e. The summed E-state index contributed by atoms with van der Waals surface area (Å²) in [6.07, 6.45) is -2.20. The van der Waals surface area contributed by atoms with Crippen LogP contribution < -0.4 is 10.1 Å². The van der Waals surface area contributed by atoms with Crippen molar-refractivity contribution < 1.29 is 27.1 Å². The third-order valence-corrected chi connectivity index (χ3v) is 7.00. The van der Waals surface area contributed by atoms with Crippen LogP contribution in [0.25, 0.3) is 10.6 Å². The number of amides is 1. The monoisotopic (exact) mass is 522 g/mol. The topological polar surface area (TPSA) is 67.3 Å². The maximum Gasteiger partial charge on any atom is 0.433 e. The van der Waals surface area contributed by atoms with Crippen molar-refractivity contribution in [3.8, 4) is 16.3 Å². The van der Waals surface area contributed by atoms with Crippen molar-refractivity contribution >= 4 is 17.2 Å². The number of likely N-dealkylation sites (tertiary alicyclic amines) is 1. The fourth-order valence-electron chi connectivity index (χ4n) is 4.02. The van der Waals surface area contributed by atoms with Crippen molar-refractivity contribution in [2.45, 2.75) is 44.7 Å². The van der Waals surface area contributed by atoms with E-state index >= 15 is 0 Å². The van der Waals surface area contributed by atoms with Gasteiger partial charge in [0.15, 0.2) is 0 Å². The second-order valence-electron chi connectivity index (χ2n) is 8.93. The number of hydrogen-bond donors (Lipinski definition) is 1. The summed E-state index contributed by atoms with van der Waals surface area (Å²) in [5.74, 6) is 0.0224. The number of benzene rings is 1. The van der Waals surface area contributed by atoms with Crippen LogP contribution in [0.4, 0.5) is 17.6 Å². The third-order valence-electron chi connectivity index (χ3n) is 6.04. The van der Waals surface area contributed by atoms with E-state index in [2.05, 4.69) is 15.3 Å². The van der Waals surface area contributed by atoms with Gasteiger partial charge in [0.2, 0.25) is 0 Å². The molecule has 0 radical (unpaired) electrons. The first-order valence-electron chi connectivity index (χ1n) is 11.4.